The van der Waals surface area contributed by atoms with E-state index in [2.05, 4.69) is 44.5 Å². The Bertz CT molecular complexity index is 1140. The van der Waals surface area contributed by atoms with Crippen molar-refractivity contribution in [1.82, 2.24) is 19.2 Å². The van der Waals surface area contributed by atoms with Gasteiger partial charge in [-0.25, -0.2) is 14.2 Å². The van der Waals surface area contributed by atoms with Crippen LogP contribution in [0.25, 0.3) is 33.9 Å². The van der Waals surface area contributed by atoms with Crippen molar-refractivity contribution in [3.63, 3.8) is 0 Å². The summed E-state index contributed by atoms with van der Waals surface area (Å²) < 4.78 is 4.20. The van der Waals surface area contributed by atoms with Crippen LogP contribution in [0, 0.1) is 0 Å². The Labute approximate surface area is 138 Å². The summed E-state index contributed by atoms with van der Waals surface area (Å²) in [6, 6.07) is 28.6. The van der Waals surface area contributed by atoms with E-state index >= 15 is 0 Å². The zero-order chi connectivity index (χ0) is 15.9. The number of nitrogens with zero attached hydrogens (tertiary/aromatic N) is 4. The lowest BCUT2D eigenvalue weighted by atomic mass is 10.2. The van der Waals surface area contributed by atoms with Gasteiger partial charge in [0.25, 0.3) is 5.78 Å². The molecule has 5 rings (SSSR count). The van der Waals surface area contributed by atoms with Crippen LogP contribution in [0.3, 0.4) is 0 Å². The minimum Gasteiger partial charge on any atom is -0.227 e. The molecule has 0 bridgehead atoms. The fourth-order valence-corrected chi connectivity index (χ4v) is 3.09. The Morgan fingerprint density at radius 2 is 1.29 bits per heavy atom. The number of aromatic nitrogens is 4. The molecule has 0 saturated carbocycles. The number of para-hydroxylation sites is 3. The summed E-state index contributed by atoms with van der Waals surface area (Å²) in [5, 5.41) is 0. The molecular weight excluding hydrogens is 296 g/mol. The second-order valence-electron chi connectivity index (χ2n) is 5.66. The number of fused-ring (bicyclic) bond motifs is 3. The average molecular weight is 310 g/mol. The molecule has 0 aliphatic carbocycles. The van der Waals surface area contributed by atoms with E-state index < -0.39 is 0 Å². The smallest absolute Gasteiger partial charge is 0.227 e. The molecule has 2 heterocycles. The van der Waals surface area contributed by atoms with E-state index in [1.165, 1.54) is 0 Å². The van der Waals surface area contributed by atoms with Crippen molar-refractivity contribution >= 4 is 16.8 Å². The van der Waals surface area contributed by atoms with Gasteiger partial charge in [0.2, 0.25) is 0 Å². The van der Waals surface area contributed by atoms with Crippen LogP contribution >= 0.6 is 0 Å². The van der Waals surface area contributed by atoms with E-state index in [0.717, 1.165) is 28.1 Å². The number of hydrogen-bond donors (Lipinski definition) is 0. The zero-order valence-electron chi connectivity index (χ0n) is 12.9. The molecule has 4 heteroatoms. The first kappa shape index (κ1) is 13.1. The average Bonchev–Trinajstić information content (AvgIpc) is 3.19. The SMILES string of the molecule is c1ccc(-c2nc3nc4ccccc4n3n2-c2ccccc2)cc1. The molecule has 3 aromatic carbocycles. The van der Waals surface area contributed by atoms with Crippen molar-refractivity contribution < 1.29 is 0 Å². The van der Waals surface area contributed by atoms with Gasteiger partial charge in [0, 0.05) is 5.56 Å². The van der Waals surface area contributed by atoms with Crippen LogP contribution in [0.2, 0.25) is 0 Å². The van der Waals surface area contributed by atoms with Crippen molar-refractivity contribution in [3.05, 3.63) is 84.9 Å². The zero-order valence-corrected chi connectivity index (χ0v) is 12.9. The van der Waals surface area contributed by atoms with E-state index in [0.29, 0.717) is 5.78 Å². The topological polar surface area (TPSA) is 35.1 Å². The summed E-state index contributed by atoms with van der Waals surface area (Å²) in [5.41, 5.74) is 4.12. The predicted octanol–water partition coefficient (Wildman–Crippen LogP) is 4.34. The Balaban J connectivity index is 1.93. The molecule has 5 aromatic rings. The van der Waals surface area contributed by atoms with Crippen molar-refractivity contribution in [1.29, 1.82) is 0 Å². The first-order chi connectivity index (χ1) is 11.9. The number of benzene rings is 3. The third kappa shape index (κ3) is 1.86. The summed E-state index contributed by atoms with van der Waals surface area (Å²) in [5.74, 6) is 1.59. The van der Waals surface area contributed by atoms with Crippen molar-refractivity contribution in [3.8, 4) is 17.1 Å². The second-order valence-corrected chi connectivity index (χ2v) is 5.66. The Kier molecular flexibility index (Phi) is 2.76. The van der Waals surface area contributed by atoms with Crippen LogP contribution in [0.15, 0.2) is 84.9 Å². The largest absolute Gasteiger partial charge is 0.252 e. The third-order valence-corrected chi connectivity index (χ3v) is 4.16. The molecule has 0 atom stereocenters. The summed E-state index contributed by atoms with van der Waals surface area (Å²) in [6.45, 7) is 0. The van der Waals surface area contributed by atoms with Gasteiger partial charge in [-0.3, -0.25) is 0 Å². The van der Waals surface area contributed by atoms with Gasteiger partial charge in [-0.1, -0.05) is 60.7 Å². The highest BCUT2D eigenvalue weighted by molar-refractivity contribution is 5.80. The van der Waals surface area contributed by atoms with Crippen LogP contribution in [-0.2, 0) is 0 Å². The van der Waals surface area contributed by atoms with Gasteiger partial charge >= 0.3 is 0 Å². The minimum atomic E-state index is 0.707. The molecule has 0 radical (unpaired) electrons. The maximum Gasteiger partial charge on any atom is 0.252 e. The van der Waals surface area contributed by atoms with E-state index in [1.54, 1.807) is 0 Å². The molecule has 114 valence electrons. The van der Waals surface area contributed by atoms with Crippen LogP contribution in [-0.4, -0.2) is 19.2 Å². The van der Waals surface area contributed by atoms with Gasteiger partial charge in [0.05, 0.1) is 16.7 Å². The third-order valence-electron chi connectivity index (χ3n) is 4.16. The van der Waals surface area contributed by atoms with Crippen LogP contribution < -0.4 is 0 Å². The summed E-state index contributed by atoms with van der Waals surface area (Å²) in [6.07, 6.45) is 0. The maximum atomic E-state index is 4.81. The number of imidazole rings is 1. The molecule has 2 aromatic heterocycles. The molecule has 0 unspecified atom stereocenters. The summed E-state index contributed by atoms with van der Waals surface area (Å²) in [7, 11) is 0. The molecule has 0 N–H and O–H groups in total. The monoisotopic (exact) mass is 310 g/mol. The molecule has 4 nitrogen and oxygen atoms in total. The lowest BCUT2D eigenvalue weighted by Gasteiger charge is -2.09. The van der Waals surface area contributed by atoms with Crippen LogP contribution in [0.1, 0.15) is 0 Å². The highest BCUT2D eigenvalue weighted by atomic mass is 15.4. The lowest BCUT2D eigenvalue weighted by Crippen LogP contribution is -2.04. The van der Waals surface area contributed by atoms with Crippen molar-refractivity contribution in [2.45, 2.75) is 0 Å². The van der Waals surface area contributed by atoms with Gasteiger partial charge in [-0.15, -0.1) is 0 Å². The van der Waals surface area contributed by atoms with Gasteiger partial charge in [-0.2, -0.15) is 4.98 Å². The van der Waals surface area contributed by atoms with E-state index in [9.17, 15) is 0 Å². The van der Waals surface area contributed by atoms with Crippen LogP contribution in [0.5, 0.6) is 0 Å². The number of rotatable bonds is 2. The van der Waals surface area contributed by atoms with E-state index in [1.807, 2.05) is 54.6 Å². The quantitative estimate of drug-likeness (QED) is 0.486. The fraction of sp³-hybridized carbons (Fsp3) is 0. The molecule has 0 saturated heterocycles. The molecule has 0 spiro atoms. The first-order valence-electron chi connectivity index (χ1n) is 7.89. The van der Waals surface area contributed by atoms with E-state index in [-0.39, 0.29) is 0 Å². The highest BCUT2D eigenvalue weighted by Gasteiger charge is 2.17. The van der Waals surface area contributed by atoms with Gasteiger partial charge in [0.1, 0.15) is 0 Å². The highest BCUT2D eigenvalue weighted by Crippen LogP contribution is 2.26. The normalized spacial score (nSPS) is 11.3. The Hall–Kier alpha value is -3.40. The van der Waals surface area contributed by atoms with Gasteiger partial charge in [-0.05, 0) is 24.3 Å². The van der Waals surface area contributed by atoms with E-state index in [4.69, 9.17) is 4.98 Å². The maximum absolute atomic E-state index is 4.81. The molecular formula is C20H14N4. The first-order valence-corrected chi connectivity index (χ1v) is 7.89. The molecule has 0 fully saturated rings. The Morgan fingerprint density at radius 1 is 0.625 bits per heavy atom. The molecule has 24 heavy (non-hydrogen) atoms. The van der Waals surface area contributed by atoms with Gasteiger partial charge in [0.15, 0.2) is 5.82 Å². The Morgan fingerprint density at radius 3 is 2.08 bits per heavy atom. The summed E-state index contributed by atoms with van der Waals surface area (Å²) in [4.78, 5) is 9.49. The molecule has 0 amide bonds. The number of hydrogen-bond acceptors (Lipinski definition) is 2. The van der Waals surface area contributed by atoms with Gasteiger partial charge < -0.3 is 0 Å². The van der Waals surface area contributed by atoms with Crippen molar-refractivity contribution in [2.24, 2.45) is 0 Å². The lowest BCUT2D eigenvalue weighted by molar-refractivity contribution is 0.833. The fourth-order valence-electron chi connectivity index (χ4n) is 3.09. The molecule has 0 aliphatic rings. The van der Waals surface area contributed by atoms with Crippen molar-refractivity contribution in [2.75, 3.05) is 0 Å². The predicted molar refractivity (Wildman–Crippen MR) is 95.3 cm³/mol. The van der Waals surface area contributed by atoms with Crippen LogP contribution in [0.4, 0.5) is 0 Å². The summed E-state index contributed by atoms with van der Waals surface area (Å²) >= 11 is 0. The standard InChI is InChI=1S/C20H14N4/c1-3-9-15(10-4-1)19-22-20-21-17-13-7-8-14-18(17)24(20)23(19)16-11-5-2-6-12-16/h1-14H. The second kappa shape index (κ2) is 5.06. The minimum absolute atomic E-state index is 0.707. The molecule has 0 aliphatic heterocycles.